The zero-order valence-electron chi connectivity index (χ0n) is 15.4. The molecule has 0 bridgehead atoms. The molecule has 2 aromatic rings. The fourth-order valence-corrected chi connectivity index (χ4v) is 2.22. The van der Waals surface area contributed by atoms with Gasteiger partial charge in [0.2, 0.25) is 5.91 Å². The van der Waals surface area contributed by atoms with Crippen LogP contribution in [-0.4, -0.2) is 30.3 Å². The van der Waals surface area contributed by atoms with Crippen LogP contribution >= 0.6 is 11.6 Å². The number of carbonyl (C=O) groups is 4. The Balaban J connectivity index is 1.89. The van der Waals surface area contributed by atoms with Crippen LogP contribution < -0.4 is 16.2 Å². The van der Waals surface area contributed by atoms with Gasteiger partial charge in [0, 0.05) is 17.5 Å². The maximum atomic E-state index is 12.2. The SMILES string of the molecule is CC(=O)N/C(=C/c1ccccc1)C(=O)OCC(=O)NNC(=O)c1ccc(Cl)cc1. The Morgan fingerprint density at radius 3 is 2.24 bits per heavy atom. The molecule has 150 valence electrons. The van der Waals surface area contributed by atoms with Gasteiger partial charge in [-0.1, -0.05) is 41.9 Å². The molecule has 0 saturated carbocycles. The topological polar surface area (TPSA) is 114 Å². The van der Waals surface area contributed by atoms with Crippen molar-refractivity contribution >= 4 is 41.4 Å². The third kappa shape index (κ3) is 7.47. The van der Waals surface area contributed by atoms with Gasteiger partial charge in [-0.3, -0.25) is 25.2 Å². The van der Waals surface area contributed by atoms with Gasteiger partial charge in [0.25, 0.3) is 11.8 Å². The number of carbonyl (C=O) groups excluding carboxylic acids is 4. The summed E-state index contributed by atoms with van der Waals surface area (Å²) >= 11 is 5.74. The van der Waals surface area contributed by atoms with Gasteiger partial charge in [0.1, 0.15) is 5.70 Å². The van der Waals surface area contributed by atoms with E-state index in [4.69, 9.17) is 16.3 Å². The summed E-state index contributed by atoms with van der Waals surface area (Å²) in [4.78, 5) is 47.2. The highest BCUT2D eigenvalue weighted by atomic mass is 35.5. The maximum Gasteiger partial charge on any atom is 0.355 e. The summed E-state index contributed by atoms with van der Waals surface area (Å²) in [5.41, 5.74) is 5.13. The lowest BCUT2D eigenvalue weighted by Gasteiger charge is -2.10. The molecule has 3 N–H and O–H groups in total. The number of ether oxygens (including phenoxy) is 1. The molecule has 0 fully saturated rings. The normalized spacial score (nSPS) is 10.6. The van der Waals surface area contributed by atoms with E-state index in [1.165, 1.54) is 37.3 Å². The molecule has 0 aliphatic heterocycles. The average Bonchev–Trinajstić information content (AvgIpc) is 2.70. The Hall–Kier alpha value is -3.65. The predicted octanol–water partition coefficient (Wildman–Crippen LogP) is 1.82. The van der Waals surface area contributed by atoms with Crippen molar-refractivity contribution < 1.29 is 23.9 Å². The molecular weight excluding hydrogens is 398 g/mol. The van der Waals surface area contributed by atoms with E-state index in [1.807, 2.05) is 0 Å². The van der Waals surface area contributed by atoms with Crippen molar-refractivity contribution in [3.05, 3.63) is 76.4 Å². The summed E-state index contributed by atoms with van der Waals surface area (Å²) in [6, 6.07) is 14.8. The Labute approximate surface area is 171 Å². The number of benzene rings is 2. The van der Waals surface area contributed by atoms with E-state index in [1.54, 1.807) is 30.3 Å². The van der Waals surface area contributed by atoms with Gasteiger partial charge in [-0.15, -0.1) is 0 Å². The van der Waals surface area contributed by atoms with Crippen LogP contribution in [0.5, 0.6) is 0 Å². The minimum atomic E-state index is -0.900. The quantitative estimate of drug-likeness (QED) is 0.378. The Kier molecular flexibility index (Phi) is 7.93. The third-order valence-corrected chi connectivity index (χ3v) is 3.65. The average molecular weight is 416 g/mol. The van der Waals surface area contributed by atoms with Crippen LogP contribution in [0.4, 0.5) is 0 Å². The van der Waals surface area contributed by atoms with Crippen molar-refractivity contribution in [3.8, 4) is 0 Å². The van der Waals surface area contributed by atoms with Gasteiger partial charge in [0.05, 0.1) is 0 Å². The first kappa shape index (κ1) is 21.6. The molecule has 0 unspecified atom stereocenters. The van der Waals surface area contributed by atoms with Gasteiger partial charge in [0.15, 0.2) is 6.61 Å². The minimum absolute atomic E-state index is 0.123. The molecule has 0 heterocycles. The van der Waals surface area contributed by atoms with Gasteiger partial charge >= 0.3 is 5.97 Å². The van der Waals surface area contributed by atoms with Crippen molar-refractivity contribution in [2.24, 2.45) is 0 Å². The predicted molar refractivity (Wildman–Crippen MR) is 106 cm³/mol. The lowest BCUT2D eigenvalue weighted by atomic mass is 10.2. The van der Waals surface area contributed by atoms with E-state index in [0.29, 0.717) is 10.6 Å². The van der Waals surface area contributed by atoms with E-state index in [2.05, 4.69) is 16.2 Å². The van der Waals surface area contributed by atoms with Crippen molar-refractivity contribution in [2.45, 2.75) is 6.92 Å². The zero-order chi connectivity index (χ0) is 21.2. The summed E-state index contributed by atoms with van der Waals surface area (Å²) in [6.45, 7) is 0.580. The van der Waals surface area contributed by atoms with Crippen molar-refractivity contribution in [3.63, 3.8) is 0 Å². The highest BCUT2D eigenvalue weighted by Gasteiger charge is 2.15. The standard InChI is InChI=1S/C20H18ClN3O5/c1-13(25)22-17(11-14-5-3-2-4-6-14)20(28)29-12-18(26)23-24-19(27)15-7-9-16(21)10-8-15/h2-11H,12H2,1H3,(H,22,25)(H,23,26)(H,24,27)/b17-11+. The number of esters is 1. The van der Waals surface area contributed by atoms with E-state index in [0.717, 1.165) is 0 Å². The summed E-state index contributed by atoms with van der Waals surface area (Å²) in [5.74, 6) is -2.70. The second-order valence-corrected chi connectivity index (χ2v) is 6.17. The first-order valence-electron chi connectivity index (χ1n) is 8.41. The van der Waals surface area contributed by atoms with E-state index in [9.17, 15) is 19.2 Å². The molecule has 0 aromatic heterocycles. The molecule has 0 aliphatic rings. The molecule has 0 saturated heterocycles. The first-order chi connectivity index (χ1) is 13.8. The fourth-order valence-electron chi connectivity index (χ4n) is 2.10. The molecule has 3 amide bonds. The van der Waals surface area contributed by atoms with E-state index < -0.39 is 30.3 Å². The van der Waals surface area contributed by atoms with Crippen LogP contribution in [0.15, 0.2) is 60.3 Å². The molecule has 0 spiro atoms. The summed E-state index contributed by atoms with van der Waals surface area (Å²) in [6.07, 6.45) is 1.42. The van der Waals surface area contributed by atoms with Crippen LogP contribution in [0.25, 0.3) is 6.08 Å². The molecule has 2 aromatic carbocycles. The molecule has 2 rings (SSSR count). The Morgan fingerprint density at radius 2 is 1.62 bits per heavy atom. The Morgan fingerprint density at radius 1 is 0.966 bits per heavy atom. The molecule has 9 heteroatoms. The number of nitrogens with one attached hydrogen (secondary N) is 3. The third-order valence-electron chi connectivity index (χ3n) is 3.40. The van der Waals surface area contributed by atoms with E-state index in [-0.39, 0.29) is 11.3 Å². The number of halogens is 1. The number of rotatable bonds is 6. The molecule has 8 nitrogen and oxygen atoms in total. The van der Waals surface area contributed by atoms with Crippen LogP contribution in [0, 0.1) is 0 Å². The fraction of sp³-hybridized carbons (Fsp3) is 0.100. The molecular formula is C20H18ClN3O5. The number of hydrazine groups is 1. The summed E-state index contributed by atoms with van der Waals surface area (Å²) in [5, 5.41) is 2.83. The lowest BCUT2D eigenvalue weighted by molar-refractivity contribution is -0.145. The van der Waals surface area contributed by atoms with Gasteiger partial charge in [-0.05, 0) is 35.9 Å². The van der Waals surface area contributed by atoms with Gasteiger partial charge in [-0.2, -0.15) is 0 Å². The van der Waals surface area contributed by atoms with Crippen molar-refractivity contribution in [1.29, 1.82) is 0 Å². The maximum absolute atomic E-state index is 12.2. The number of amides is 3. The lowest BCUT2D eigenvalue weighted by Crippen LogP contribution is -2.43. The second-order valence-electron chi connectivity index (χ2n) is 5.74. The number of hydrogen-bond acceptors (Lipinski definition) is 5. The summed E-state index contributed by atoms with van der Waals surface area (Å²) < 4.78 is 4.89. The molecule has 0 radical (unpaired) electrons. The van der Waals surface area contributed by atoms with E-state index >= 15 is 0 Å². The van der Waals surface area contributed by atoms with Gasteiger partial charge in [-0.25, -0.2) is 4.79 Å². The minimum Gasteiger partial charge on any atom is -0.451 e. The molecule has 29 heavy (non-hydrogen) atoms. The molecule has 0 atom stereocenters. The van der Waals surface area contributed by atoms with Gasteiger partial charge < -0.3 is 10.1 Å². The highest BCUT2D eigenvalue weighted by molar-refractivity contribution is 6.30. The van der Waals surface area contributed by atoms with Crippen LogP contribution in [0.2, 0.25) is 5.02 Å². The summed E-state index contributed by atoms with van der Waals surface area (Å²) in [7, 11) is 0. The second kappa shape index (κ2) is 10.6. The zero-order valence-corrected chi connectivity index (χ0v) is 16.2. The van der Waals surface area contributed by atoms with Crippen LogP contribution in [0.1, 0.15) is 22.8 Å². The first-order valence-corrected chi connectivity index (χ1v) is 8.79. The monoisotopic (exact) mass is 415 g/mol. The largest absolute Gasteiger partial charge is 0.451 e. The number of hydrogen-bond donors (Lipinski definition) is 3. The van der Waals surface area contributed by atoms with Crippen LogP contribution in [-0.2, 0) is 19.1 Å². The highest BCUT2D eigenvalue weighted by Crippen LogP contribution is 2.09. The molecule has 0 aliphatic carbocycles. The van der Waals surface area contributed by atoms with Crippen molar-refractivity contribution in [2.75, 3.05) is 6.61 Å². The van der Waals surface area contributed by atoms with Crippen molar-refractivity contribution in [1.82, 2.24) is 16.2 Å². The smallest absolute Gasteiger partial charge is 0.355 e. The van der Waals surface area contributed by atoms with Crippen LogP contribution in [0.3, 0.4) is 0 Å². The Bertz CT molecular complexity index is 927.